The molecule has 0 aliphatic carbocycles. The van der Waals surface area contributed by atoms with Gasteiger partial charge in [-0.25, -0.2) is 4.79 Å². The van der Waals surface area contributed by atoms with Gasteiger partial charge in [0, 0.05) is 17.6 Å². The molecular weight excluding hydrogens is 310 g/mol. The fourth-order valence-electron chi connectivity index (χ4n) is 1.93. The Labute approximate surface area is 122 Å². The van der Waals surface area contributed by atoms with Crippen molar-refractivity contribution in [3.05, 3.63) is 33.8 Å². The molecule has 0 aliphatic heterocycles. The number of aliphatic hydroxyl groups is 1. The van der Waals surface area contributed by atoms with Gasteiger partial charge in [0.1, 0.15) is 0 Å². The molecule has 106 valence electrons. The number of benzene rings is 1. The molecule has 0 aliphatic rings. The van der Waals surface area contributed by atoms with Crippen molar-refractivity contribution >= 4 is 21.9 Å². The number of hydrogen-bond donors (Lipinski definition) is 1. The van der Waals surface area contributed by atoms with Crippen LogP contribution in [-0.2, 0) is 11.3 Å². The van der Waals surface area contributed by atoms with E-state index in [2.05, 4.69) is 20.7 Å². The predicted octanol–water partition coefficient (Wildman–Crippen LogP) is 2.44. The number of esters is 1. The van der Waals surface area contributed by atoms with Gasteiger partial charge in [-0.05, 0) is 38.6 Å². The third-order valence-electron chi connectivity index (χ3n) is 2.57. The molecular formula is C14H20BrNO3. The lowest BCUT2D eigenvalue weighted by Gasteiger charge is -2.25. The topological polar surface area (TPSA) is 49.8 Å². The lowest BCUT2D eigenvalue weighted by molar-refractivity contribution is 0.0424. The van der Waals surface area contributed by atoms with Crippen molar-refractivity contribution in [2.45, 2.75) is 26.0 Å². The van der Waals surface area contributed by atoms with Crippen LogP contribution in [0, 0.1) is 0 Å². The molecule has 0 saturated heterocycles. The third-order valence-corrected chi connectivity index (χ3v) is 3.31. The molecule has 1 rings (SSSR count). The summed E-state index contributed by atoms with van der Waals surface area (Å²) in [6, 6.07) is 5.38. The summed E-state index contributed by atoms with van der Waals surface area (Å²) in [7, 11) is 3.31. The summed E-state index contributed by atoms with van der Waals surface area (Å²) in [6.07, 6.45) is 0. The summed E-state index contributed by atoms with van der Waals surface area (Å²) in [5.41, 5.74) is 0.843. The van der Waals surface area contributed by atoms with Crippen LogP contribution in [0.5, 0.6) is 0 Å². The van der Waals surface area contributed by atoms with Crippen LogP contribution < -0.4 is 0 Å². The number of nitrogens with zero attached hydrogens (tertiary/aromatic N) is 1. The SMILES string of the molecule is COC(=O)c1ccc(CN(C)CC(C)(C)O)c(Br)c1. The van der Waals surface area contributed by atoms with E-state index in [1.54, 1.807) is 26.0 Å². The molecule has 19 heavy (non-hydrogen) atoms. The van der Waals surface area contributed by atoms with Gasteiger partial charge in [-0.1, -0.05) is 22.0 Å². The first-order chi connectivity index (χ1) is 8.73. The summed E-state index contributed by atoms with van der Waals surface area (Å²) in [6.45, 7) is 4.81. The van der Waals surface area contributed by atoms with Crippen LogP contribution in [0.1, 0.15) is 29.8 Å². The summed E-state index contributed by atoms with van der Waals surface area (Å²) in [5, 5.41) is 9.77. The maximum atomic E-state index is 11.4. The zero-order valence-corrected chi connectivity index (χ0v) is 13.3. The first kappa shape index (κ1) is 16.1. The molecule has 0 aromatic heterocycles. The summed E-state index contributed by atoms with van der Waals surface area (Å²) >= 11 is 3.46. The molecule has 0 bridgehead atoms. The minimum absolute atomic E-state index is 0.350. The zero-order valence-electron chi connectivity index (χ0n) is 11.7. The highest BCUT2D eigenvalue weighted by atomic mass is 79.9. The molecule has 0 heterocycles. The molecule has 1 N–H and O–H groups in total. The van der Waals surface area contributed by atoms with E-state index in [1.165, 1.54) is 7.11 Å². The van der Waals surface area contributed by atoms with E-state index >= 15 is 0 Å². The Morgan fingerprint density at radius 1 is 1.47 bits per heavy atom. The fraction of sp³-hybridized carbons (Fsp3) is 0.500. The van der Waals surface area contributed by atoms with Crippen LogP contribution in [0.3, 0.4) is 0 Å². The standard InChI is InChI=1S/C14H20BrNO3/c1-14(2,18)9-16(3)8-11-6-5-10(7-12(11)15)13(17)19-4/h5-7,18H,8-9H2,1-4H3. The summed E-state index contributed by atoms with van der Waals surface area (Å²) in [4.78, 5) is 13.4. The quantitative estimate of drug-likeness (QED) is 0.843. The molecule has 5 heteroatoms. The van der Waals surface area contributed by atoms with E-state index in [-0.39, 0.29) is 5.97 Å². The highest BCUT2D eigenvalue weighted by Crippen LogP contribution is 2.21. The normalized spacial score (nSPS) is 11.7. The first-order valence-corrected chi connectivity index (χ1v) is 6.80. The maximum Gasteiger partial charge on any atom is 0.337 e. The van der Waals surface area contributed by atoms with E-state index in [9.17, 15) is 9.90 Å². The second-order valence-corrected chi connectivity index (χ2v) is 6.14. The Balaban J connectivity index is 2.78. The highest BCUT2D eigenvalue weighted by Gasteiger charge is 2.16. The van der Waals surface area contributed by atoms with Gasteiger partial charge in [0.05, 0.1) is 18.3 Å². The van der Waals surface area contributed by atoms with Gasteiger partial charge in [0.25, 0.3) is 0 Å². The van der Waals surface area contributed by atoms with Gasteiger partial charge in [0.2, 0.25) is 0 Å². The average Bonchev–Trinajstić information content (AvgIpc) is 2.28. The van der Waals surface area contributed by atoms with Gasteiger partial charge in [-0.3, -0.25) is 4.90 Å². The zero-order chi connectivity index (χ0) is 14.6. The Bertz CT molecular complexity index is 454. The third kappa shape index (κ3) is 5.30. The largest absolute Gasteiger partial charge is 0.465 e. The lowest BCUT2D eigenvalue weighted by atomic mass is 10.1. The van der Waals surface area contributed by atoms with Crippen LogP contribution in [-0.4, -0.2) is 42.3 Å². The number of halogens is 1. The molecule has 0 unspecified atom stereocenters. The van der Waals surface area contributed by atoms with Gasteiger partial charge in [-0.2, -0.15) is 0 Å². The van der Waals surface area contributed by atoms with Crippen molar-refractivity contribution in [3.8, 4) is 0 Å². The number of rotatable bonds is 5. The molecule has 0 saturated carbocycles. The molecule has 0 amide bonds. The predicted molar refractivity (Wildman–Crippen MR) is 78.1 cm³/mol. The second-order valence-electron chi connectivity index (χ2n) is 5.28. The number of methoxy groups -OCH3 is 1. The fourth-order valence-corrected chi connectivity index (χ4v) is 2.43. The van der Waals surface area contributed by atoms with Crippen molar-refractivity contribution in [1.29, 1.82) is 0 Å². The molecule has 4 nitrogen and oxygen atoms in total. The number of hydrogen-bond acceptors (Lipinski definition) is 4. The Morgan fingerprint density at radius 2 is 2.11 bits per heavy atom. The lowest BCUT2D eigenvalue weighted by Crippen LogP contribution is -2.35. The number of carbonyl (C=O) groups is 1. The van der Waals surface area contributed by atoms with Gasteiger partial charge in [-0.15, -0.1) is 0 Å². The van der Waals surface area contributed by atoms with Crippen molar-refractivity contribution in [3.63, 3.8) is 0 Å². The smallest absolute Gasteiger partial charge is 0.337 e. The van der Waals surface area contributed by atoms with Gasteiger partial charge < -0.3 is 9.84 Å². The highest BCUT2D eigenvalue weighted by molar-refractivity contribution is 9.10. The minimum Gasteiger partial charge on any atom is -0.465 e. The second kappa shape index (κ2) is 6.50. The van der Waals surface area contributed by atoms with E-state index in [1.807, 2.05) is 18.0 Å². The van der Waals surface area contributed by atoms with Crippen molar-refractivity contribution in [2.75, 3.05) is 20.7 Å². The van der Waals surface area contributed by atoms with Crippen molar-refractivity contribution < 1.29 is 14.6 Å². The molecule has 0 radical (unpaired) electrons. The van der Waals surface area contributed by atoms with E-state index in [4.69, 9.17) is 0 Å². The van der Waals surface area contributed by atoms with Gasteiger partial charge in [0.15, 0.2) is 0 Å². The molecule has 0 spiro atoms. The minimum atomic E-state index is -0.729. The Morgan fingerprint density at radius 3 is 2.58 bits per heavy atom. The molecule has 1 aromatic rings. The Hall–Kier alpha value is -0.910. The van der Waals surface area contributed by atoms with Crippen LogP contribution in [0.4, 0.5) is 0 Å². The van der Waals surface area contributed by atoms with Crippen LogP contribution in [0.2, 0.25) is 0 Å². The first-order valence-electron chi connectivity index (χ1n) is 6.00. The Kier molecular flexibility index (Phi) is 5.52. The van der Waals surface area contributed by atoms with Gasteiger partial charge >= 0.3 is 5.97 Å². The number of likely N-dealkylation sites (N-methyl/N-ethyl adjacent to an activating group) is 1. The van der Waals surface area contributed by atoms with E-state index in [0.717, 1.165) is 10.0 Å². The molecule has 1 aromatic carbocycles. The summed E-state index contributed by atoms with van der Waals surface area (Å²) in [5.74, 6) is -0.350. The summed E-state index contributed by atoms with van der Waals surface area (Å²) < 4.78 is 5.53. The maximum absolute atomic E-state index is 11.4. The van der Waals surface area contributed by atoms with Crippen LogP contribution >= 0.6 is 15.9 Å². The van der Waals surface area contributed by atoms with E-state index < -0.39 is 5.60 Å². The van der Waals surface area contributed by atoms with E-state index in [0.29, 0.717) is 18.7 Å². The number of ether oxygens (including phenoxy) is 1. The van der Waals surface area contributed by atoms with Crippen molar-refractivity contribution in [2.24, 2.45) is 0 Å². The van der Waals surface area contributed by atoms with Crippen molar-refractivity contribution in [1.82, 2.24) is 4.90 Å². The van der Waals surface area contributed by atoms with Crippen LogP contribution in [0.15, 0.2) is 22.7 Å². The molecule has 0 fully saturated rings. The number of carbonyl (C=O) groups excluding carboxylic acids is 1. The monoisotopic (exact) mass is 329 g/mol. The average molecular weight is 330 g/mol. The van der Waals surface area contributed by atoms with Crippen LogP contribution in [0.25, 0.3) is 0 Å². The molecule has 0 atom stereocenters.